The number of hydrogen-bond acceptors (Lipinski definition) is 3. The van der Waals surface area contributed by atoms with Crippen molar-refractivity contribution < 1.29 is 9.59 Å². The lowest BCUT2D eigenvalue weighted by molar-refractivity contribution is -0.114. The van der Waals surface area contributed by atoms with Crippen molar-refractivity contribution in [2.24, 2.45) is 5.41 Å². The largest absolute Gasteiger partial charge is 0.338 e. The van der Waals surface area contributed by atoms with Crippen LogP contribution in [-0.4, -0.2) is 42.9 Å². The van der Waals surface area contributed by atoms with E-state index in [0.717, 1.165) is 39.0 Å². The number of carbonyl (C=O) groups excluding carboxylic acids is 2. The maximum Gasteiger partial charge on any atom is 0.253 e. The summed E-state index contributed by atoms with van der Waals surface area (Å²) in [5.41, 5.74) is 1.60. The van der Waals surface area contributed by atoms with Gasteiger partial charge in [-0.2, -0.15) is 0 Å². The molecule has 0 saturated carbocycles. The lowest BCUT2D eigenvalue weighted by Gasteiger charge is -2.23. The quantitative estimate of drug-likeness (QED) is 0.866. The van der Waals surface area contributed by atoms with Crippen LogP contribution < -0.4 is 10.6 Å². The molecule has 21 heavy (non-hydrogen) atoms. The van der Waals surface area contributed by atoms with Gasteiger partial charge in [0.15, 0.2) is 0 Å². The summed E-state index contributed by atoms with van der Waals surface area (Å²) in [4.78, 5) is 25.7. The van der Waals surface area contributed by atoms with Gasteiger partial charge >= 0.3 is 0 Å². The minimum atomic E-state index is -0.128. The normalized spacial score (nSPS) is 24.5. The molecule has 0 aliphatic carbocycles. The first-order chi connectivity index (χ1) is 10.1. The highest BCUT2D eigenvalue weighted by atomic mass is 16.2. The third-order valence-corrected chi connectivity index (χ3v) is 4.49. The van der Waals surface area contributed by atoms with E-state index in [2.05, 4.69) is 10.6 Å². The number of nitrogens with one attached hydrogen (secondary N) is 2. The molecule has 2 aliphatic rings. The van der Waals surface area contributed by atoms with Crippen molar-refractivity contribution in [1.29, 1.82) is 0 Å². The number of anilines is 1. The summed E-state index contributed by atoms with van der Waals surface area (Å²) in [5.74, 6) is -0.0669. The Morgan fingerprint density at radius 1 is 1.33 bits per heavy atom. The van der Waals surface area contributed by atoms with Crippen molar-refractivity contribution in [3.8, 4) is 0 Å². The second kappa shape index (κ2) is 5.48. The molecule has 3 rings (SSSR count). The van der Waals surface area contributed by atoms with E-state index < -0.39 is 0 Å². The molecule has 2 N–H and O–H groups in total. The Kier molecular flexibility index (Phi) is 3.68. The number of hydrogen-bond donors (Lipinski definition) is 2. The van der Waals surface area contributed by atoms with Crippen molar-refractivity contribution in [2.75, 3.05) is 31.5 Å². The molecule has 1 aromatic carbocycles. The summed E-state index contributed by atoms with van der Waals surface area (Å²) in [5, 5.41) is 6.12. The van der Waals surface area contributed by atoms with Crippen LogP contribution in [0.3, 0.4) is 0 Å². The molecule has 5 heteroatoms. The number of amides is 2. The fourth-order valence-electron chi connectivity index (χ4n) is 3.37. The van der Waals surface area contributed by atoms with E-state index in [1.165, 1.54) is 6.92 Å². The minimum Gasteiger partial charge on any atom is -0.338 e. The predicted octanol–water partition coefficient (Wildman–Crippen LogP) is 1.47. The van der Waals surface area contributed by atoms with Crippen LogP contribution in [0.4, 0.5) is 5.69 Å². The molecule has 5 nitrogen and oxygen atoms in total. The molecule has 0 aromatic heterocycles. The van der Waals surface area contributed by atoms with Crippen LogP contribution in [0.15, 0.2) is 24.3 Å². The second-order valence-electron chi connectivity index (χ2n) is 6.17. The lowest BCUT2D eigenvalue weighted by Crippen LogP contribution is -2.33. The van der Waals surface area contributed by atoms with Gasteiger partial charge < -0.3 is 15.5 Å². The van der Waals surface area contributed by atoms with E-state index in [0.29, 0.717) is 11.3 Å². The summed E-state index contributed by atoms with van der Waals surface area (Å²) < 4.78 is 0. The maximum absolute atomic E-state index is 12.6. The Morgan fingerprint density at radius 2 is 2.19 bits per heavy atom. The highest BCUT2D eigenvalue weighted by molar-refractivity contribution is 5.97. The summed E-state index contributed by atoms with van der Waals surface area (Å²) >= 11 is 0. The van der Waals surface area contributed by atoms with E-state index >= 15 is 0 Å². The monoisotopic (exact) mass is 287 g/mol. The average molecular weight is 287 g/mol. The molecule has 1 unspecified atom stereocenters. The second-order valence-corrected chi connectivity index (χ2v) is 6.17. The first-order valence-electron chi connectivity index (χ1n) is 7.46. The van der Waals surface area contributed by atoms with Crippen molar-refractivity contribution in [3.63, 3.8) is 0 Å². The van der Waals surface area contributed by atoms with Crippen LogP contribution in [0.25, 0.3) is 0 Å². The SMILES string of the molecule is CC(=O)Nc1cccc(C(=O)N2CCC3(CCNC3)C2)c1. The first-order valence-corrected chi connectivity index (χ1v) is 7.46. The van der Waals surface area contributed by atoms with E-state index in [9.17, 15) is 9.59 Å². The third-order valence-electron chi connectivity index (χ3n) is 4.49. The smallest absolute Gasteiger partial charge is 0.253 e. The van der Waals surface area contributed by atoms with Gasteiger partial charge in [-0.25, -0.2) is 0 Å². The number of rotatable bonds is 2. The van der Waals surface area contributed by atoms with Crippen LogP contribution >= 0.6 is 0 Å². The highest BCUT2D eigenvalue weighted by Crippen LogP contribution is 2.36. The van der Waals surface area contributed by atoms with Crippen LogP contribution in [0, 0.1) is 5.41 Å². The molecule has 0 bridgehead atoms. The average Bonchev–Trinajstić information content (AvgIpc) is 3.08. The Morgan fingerprint density at radius 3 is 2.90 bits per heavy atom. The van der Waals surface area contributed by atoms with Gasteiger partial charge in [-0.05, 0) is 37.6 Å². The van der Waals surface area contributed by atoms with E-state index in [1.807, 2.05) is 17.0 Å². The van der Waals surface area contributed by atoms with Crippen LogP contribution in [0.5, 0.6) is 0 Å². The molecule has 112 valence electrons. The van der Waals surface area contributed by atoms with Crippen molar-refractivity contribution in [3.05, 3.63) is 29.8 Å². The van der Waals surface area contributed by atoms with Gasteiger partial charge in [0.1, 0.15) is 0 Å². The first kappa shape index (κ1) is 14.1. The van der Waals surface area contributed by atoms with Crippen LogP contribution in [0.1, 0.15) is 30.1 Å². The molecule has 2 fully saturated rings. The van der Waals surface area contributed by atoms with Gasteiger partial charge in [-0.1, -0.05) is 6.07 Å². The third kappa shape index (κ3) is 2.93. The Balaban J connectivity index is 1.72. The van der Waals surface area contributed by atoms with Crippen molar-refractivity contribution in [1.82, 2.24) is 10.2 Å². The van der Waals surface area contributed by atoms with Gasteiger partial charge in [-0.15, -0.1) is 0 Å². The van der Waals surface area contributed by atoms with Gasteiger partial charge in [0.25, 0.3) is 5.91 Å². The molecule has 1 atom stereocenters. The zero-order chi connectivity index (χ0) is 14.9. The number of carbonyl (C=O) groups is 2. The molecular formula is C16H21N3O2. The highest BCUT2D eigenvalue weighted by Gasteiger charge is 2.41. The predicted molar refractivity (Wildman–Crippen MR) is 81.2 cm³/mol. The Labute approximate surface area is 124 Å². The summed E-state index contributed by atoms with van der Waals surface area (Å²) in [7, 11) is 0. The number of nitrogens with zero attached hydrogens (tertiary/aromatic N) is 1. The minimum absolute atomic E-state index is 0.0611. The zero-order valence-corrected chi connectivity index (χ0v) is 12.3. The Hall–Kier alpha value is -1.88. The fourth-order valence-corrected chi connectivity index (χ4v) is 3.37. The zero-order valence-electron chi connectivity index (χ0n) is 12.3. The lowest BCUT2D eigenvalue weighted by atomic mass is 9.86. The van der Waals surface area contributed by atoms with Crippen LogP contribution in [-0.2, 0) is 4.79 Å². The van der Waals surface area contributed by atoms with Gasteiger partial charge in [-0.3, -0.25) is 9.59 Å². The summed E-state index contributed by atoms with van der Waals surface area (Å²) in [6.07, 6.45) is 2.24. The van der Waals surface area contributed by atoms with Crippen molar-refractivity contribution in [2.45, 2.75) is 19.8 Å². The fraction of sp³-hybridized carbons (Fsp3) is 0.500. The molecule has 0 radical (unpaired) electrons. The van der Waals surface area contributed by atoms with Gasteiger partial charge in [0.05, 0.1) is 0 Å². The molecule has 1 aromatic rings. The summed E-state index contributed by atoms with van der Waals surface area (Å²) in [6, 6.07) is 7.17. The van der Waals surface area contributed by atoms with Crippen molar-refractivity contribution >= 4 is 17.5 Å². The van der Waals surface area contributed by atoms with E-state index in [4.69, 9.17) is 0 Å². The Bertz CT molecular complexity index is 564. The van der Waals surface area contributed by atoms with Gasteiger partial charge in [0.2, 0.25) is 5.91 Å². The van der Waals surface area contributed by atoms with E-state index in [-0.39, 0.29) is 17.2 Å². The maximum atomic E-state index is 12.6. The summed E-state index contributed by atoms with van der Waals surface area (Å²) in [6.45, 7) is 5.20. The van der Waals surface area contributed by atoms with Gasteiger partial charge in [0, 0.05) is 43.2 Å². The van der Waals surface area contributed by atoms with E-state index in [1.54, 1.807) is 12.1 Å². The molecule has 2 amide bonds. The molecular weight excluding hydrogens is 266 g/mol. The number of benzene rings is 1. The number of likely N-dealkylation sites (tertiary alicyclic amines) is 1. The molecule has 1 spiro atoms. The molecule has 2 saturated heterocycles. The van der Waals surface area contributed by atoms with Crippen LogP contribution in [0.2, 0.25) is 0 Å². The topological polar surface area (TPSA) is 61.4 Å². The standard InChI is InChI=1S/C16H21N3O2/c1-12(20)18-14-4-2-3-13(9-14)15(21)19-8-6-16(11-19)5-7-17-10-16/h2-4,9,17H,5-8,10-11H2,1H3,(H,18,20). The molecule has 2 heterocycles. The molecule has 2 aliphatic heterocycles.